The second-order valence-corrected chi connectivity index (χ2v) is 7.99. The zero-order chi connectivity index (χ0) is 18.8. The molecule has 3 unspecified atom stereocenters. The smallest absolute Gasteiger partial charge is 0.253 e. The van der Waals surface area contributed by atoms with Crippen molar-refractivity contribution in [3.05, 3.63) is 12.2 Å². The zero-order valence-corrected chi connectivity index (χ0v) is 16.5. The summed E-state index contributed by atoms with van der Waals surface area (Å²) < 4.78 is 0. The topological polar surface area (TPSA) is 61.8 Å². The van der Waals surface area contributed by atoms with Gasteiger partial charge in [-0.2, -0.15) is 5.06 Å². The first kappa shape index (κ1) is 21.1. The predicted molar refractivity (Wildman–Crippen MR) is 97.4 cm³/mol. The van der Waals surface area contributed by atoms with Crippen LogP contribution in [0.4, 0.5) is 0 Å². The number of amides is 1. The van der Waals surface area contributed by atoms with Crippen LogP contribution >= 0.6 is 0 Å². The number of nitrogens with one attached hydrogen (secondary N) is 1. The maximum absolute atomic E-state index is 12.5. The van der Waals surface area contributed by atoms with Crippen molar-refractivity contribution in [2.24, 2.45) is 5.92 Å². The lowest BCUT2D eigenvalue weighted by atomic mass is 9.69. The van der Waals surface area contributed by atoms with E-state index in [1.165, 1.54) is 5.57 Å². The van der Waals surface area contributed by atoms with E-state index < -0.39 is 5.60 Å². The summed E-state index contributed by atoms with van der Waals surface area (Å²) in [7, 11) is 0. The van der Waals surface area contributed by atoms with E-state index in [0.717, 1.165) is 19.3 Å². The number of hydrogen-bond acceptors (Lipinski definition) is 4. The Kier molecular flexibility index (Phi) is 6.64. The van der Waals surface area contributed by atoms with E-state index in [1.54, 1.807) is 13.8 Å². The normalized spacial score (nSPS) is 32.0. The minimum Gasteiger partial charge on any atom is -0.395 e. The van der Waals surface area contributed by atoms with Crippen molar-refractivity contribution in [3.8, 4) is 0 Å². The van der Waals surface area contributed by atoms with E-state index in [4.69, 9.17) is 9.94 Å². The summed E-state index contributed by atoms with van der Waals surface area (Å²) >= 11 is 0. The first-order valence-electron chi connectivity index (χ1n) is 9.04. The van der Waals surface area contributed by atoms with Gasteiger partial charge >= 0.3 is 0 Å². The highest BCUT2D eigenvalue weighted by molar-refractivity contribution is 5.84. The Hall–Kier alpha value is -0.910. The molecule has 1 saturated heterocycles. The molecule has 5 heteroatoms. The van der Waals surface area contributed by atoms with Gasteiger partial charge in [-0.25, -0.2) is 0 Å². The highest BCUT2D eigenvalue weighted by Crippen LogP contribution is 2.48. The van der Waals surface area contributed by atoms with Crippen LogP contribution in [0.5, 0.6) is 0 Å². The maximum atomic E-state index is 12.5. The first-order valence-corrected chi connectivity index (χ1v) is 9.04. The molecule has 1 fully saturated rings. The Balaban J connectivity index is 3.18. The second kappa shape index (κ2) is 7.54. The van der Waals surface area contributed by atoms with Gasteiger partial charge in [-0.3, -0.25) is 9.63 Å². The summed E-state index contributed by atoms with van der Waals surface area (Å²) in [4.78, 5) is 18.8. The molecule has 5 nitrogen and oxygen atoms in total. The fourth-order valence-electron chi connectivity index (χ4n) is 3.53. The molecule has 140 valence electrons. The zero-order valence-electron chi connectivity index (χ0n) is 16.5. The summed E-state index contributed by atoms with van der Waals surface area (Å²) in [6, 6.07) is 0. The molecule has 0 spiro atoms. The number of aliphatic hydroxyl groups excluding tert-OH is 1. The van der Waals surface area contributed by atoms with Gasteiger partial charge in [0, 0.05) is 12.1 Å². The molecular weight excluding hydrogens is 304 g/mol. The van der Waals surface area contributed by atoms with E-state index in [2.05, 4.69) is 51.6 Å². The van der Waals surface area contributed by atoms with Crippen LogP contribution in [-0.2, 0) is 9.63 Å². The van der Waals surface area contributed by atoms with Gasteiger partial charge in [0.2, 0.25) is 0 Å². The lowest BCUT2D eigenvalue weighted by Gasteiger charge is -2.59. The SMILES string of the molecule is C=C1CC(C)(CC)N(OC(C)(C)C(=O)NCCO)C(C)(CC)C1C. The highest BCUT2D eigenvalue weighted by Gasteiger charge is 2.53. The predicted octanol–water partition coefficient (Wildman–Crippen LogP) is 3.04. The average molecular weight is 341 g/mol. The molecule has 1 amide bonds. The molecule has 0 radical (unpaired) electrons. The number of rotatable bonds is 7. The quantitative estimate of drug-likeness (QED) is 0.699. The van der Waals surface area contributed by atoms with Crippen LogP contribution in [0, 0.1) is 5.92 Å². The molecule has 24 heavy (non-hydrogen) atoms. The van der Waals surface area contributed by atoms with Gasteiger partial charge in [0.25, 0.3) is 5.91 Å². The lowest BCUT2D eigenvalue weighted by Crippen LogP contribution is -2.67. The molecule has 0 saturated carbocycles. The van der Waals surface area contributed by atoms with Crippen LogP contribution in [0.15, 0.2) is 12.2 Å². The largest absolute Gasteiger partial charge is 0.395 e. The summed E-state index contributed by atoms with van der Waals surface area (Å²) in [5.41, 5.74) is -0.205. The van der Waals surface area contributed by atoms with E-state index in [0.29, 0.717) is 0 Å². The van der Waals surface area contributed by atoms with Crippen molar-refractivity contribution in [1.29, 1.82) is 0 Å². The van der Waals surface area contributed by atoms with Gasteiger partial charge in [-0.1, -0.05) is 32.9 Å². The van der Waals surface area contributed by atoms with Gasteiger partial charge in [0.15, 0.2) is 5.60 Å². The van der Waals surface area contributed by atoms with Crippen LogP contribution < -0.4 is 5.32 Å². The number of carbonyl (C=O) groups is 1. The second-order valence-electron chi connectivity index (χ2n) is 7.99. The third-order valence-corrected chi connectivity index (χ3v) is 5.85. The summed E-state index contributed by atoms with van der Waals surface area (Å²) in [6.45, 7) is 18.9. The number of carbonyl (C=O) groups excluding carboxylic acids is 1. The monoisotopic (exact) mass is 340 g/mol. The van der Waals surface area contributed by atoms with Crippen LogP contribution in [-0.4, -0.2) is 45.9 Å². The van der Waals surface area contributed by atoms with Crippen molar-refractivity contribution in [3.63, 3.8) is 0 Å². The Labute approximate surface area is 147 Å². The van der Waals surface area contributed by atoms with E-state index in [1.807, 2.05) is 0 Å². The van der Waals surface area contributed by atoms with Crippen molar-refractivity contribution < 1.29 is 14.7 Å². The molecule has 0 aromatic rings. The third kappa shape index (κ3) is 3.84. The van der Waals surface area contributed by atoms with Crippen LogP contribution in [0.2, 0.25) is 0 Å². The molecule has 3 atom stereocenters. The molecule has 1 heterocycles. The Morgan fingerprint density at radius 3 is 2.46 bits per heavy atom. The summed E-state index contributed by atoms with van der Waals surface area (Å²) in [5.74, 6) is 0.0592. The third-order valence-electron chi connectivity index (χ3n) is 5.85. The number of hydroxylamine groups is 2. The van der Waals surface area contributed by atoms with Gasteiger partial charge in [0.1, 0.15) is 0 Å². The van der Waals surface area contributed by atoms with E-state index in [9.17, 15) is 4.79 Å². The maximum Gasteiger partial charge on any atom is 0.253 e. The molecular formula is C19H36N2O3. The summed E-state index contributed by atoms with van der Waals surface area (Å²) in [5, 5.41) is 13.7. The molecule has 0 aromatic carbocycles. The molecule has 2 N–H and O–H groups in total. The Morgan fingerprint density at radius 2 is 2.00 bits per heavy atom. The summed E-state index contributed by atoms with van der Waals surface area (Å²) in [6.07, 6.45) is 2.66. The van der Waals surface area contributed by atoms with Crippen LogP contribution in [0.3, 0.4) is 0 Å². The molecule has 1 aliphatic heterocycles. The fourth-order valence-corrected chi connectivity index (χ4v) is 3.53. The van der Waals surface area contributed by atoms with Crippen LogP contribution in [0.25, 0.3) is 0 Å². The molecule has 1 aliphatic rings. The number of hydrogen-bond donors (Lipinski definition) is 2. The highest BCUT2D eigenvalue weighted by atomic mass is 16.7. The fraction of sp³-hybridized carbons (Fsp3) is 0.842. The van der Waals surface area contributed by atoms with Crippen molar-refractivity contribution in [1.82, 2.24) is 10.4 Å². The van der Waals surface area contributed by atoms with Crippen molar-refractivity contribution >= 4 is 5.91 Å². The lowest BCUT2D eigenvalue weighted by molar-refractivity contribution is -0.331. The standard InChI is InChI=1S/C19H36N2O3/c1-9-18(7)13-14(3)15(4)19(8,10-2)21(18)24-17(5,6)16(23)20-11-12-22/h15,22H,3,9-13H2,1-2,4-8H3,(H,20,23). The minimum absolute atomic E-state index is 0.0816. The van der Waals surface area contributed by atoms with E-state index >= 15 is 0 Å². The molecule has 0 aromatic heterocycles. The average Bonchev–Trinajstić information content (AvgIpc) is 2.54. The number of aliphatic hydroxyl groups is 1. The van der Waals surface area contributed by atoms with Gasteiger partial charge < -0.3 is 10.4 Å². The number of nitrogens with zero attached hydrogens (tertiary/aromatic N) is 1. The number of piperidine rings is 1. The van der Waals surface area contributed by atoms with Crippen molar-refractivity contribution in [2.75, 3.05) is 13.2 Å². The van der Waals surface area contributed by atoms with Crippen LogP contribution in [0.1, 0.15) is 67.7 Å². The van der Waals surface area contributed by atoms with Gasteiger partial charge in [0.05, 0.1) is 12.1 Å². The Morgan fingerprint density at radius 1 is 1.42 bits per heavy atom. The first-order chi connectivity index (χ1) is 11.0. The molecule has 0 bridgehead atoms. The molecule has 0 aliphatic carbocycles. The minimum atomic E-state index is -1.01. The van der Waals surface area contributed by atoms with E-state index in [-0.39, 0.29) is 36.1 Å². The Bertz CT molecular complexity index is 477. The van der Waals surface area contributed by atoms with Gasteiger partial charge in [-0.15, -0.1) is 0 Å². The van der Waals surface area contributed by atoms with Gasteiger partial charge in [-0.05, 0) is 52.9 Å². The van der Waals surface area contributed by atoms with Crippen molar-refractivity contribution in [2.45, 2.75) is 84.4 Å². The molecule has 1 rings (SSSR count).